The molecule has 1 aromatic heterocycles. The van der Waals surface area contributed by atoms with Crippen LogP contribution in [0, 0.1) is 0 Å². The molecule has 0 bridgehead atoms. The number of imidazole rings is 1. The summed E-state index contributed by atoms with van der Waals surface area (Å²) < 4.78 is 7.71. The number of hydrazone groups is 1. The minimum Gasteiger partial charge on any atom is -0.494 e. The number of aromatic amines is 1. The van der Waals surface area contributed by atoms with Crippen LogP contribution in [0.4, 0.5) is 0 Å². The van der Waals surface area contributed by atoms with Crippen molar-refractivity contribution in [2.75, 3.05) is 12.4 Å². The number of thioether (sulfide) groups is 1. The van der Waals surface area contributed by atoms with Crippen LogP contribution in [0.2, 0.25) is 0 Å². The first-order valence-electron chi connectivity index (χ1n) is 9.39. The van der Waals surface area contributed by atoms with Crippen molar-refractivity contribution in [2.45, 2.75) is 32.0 Å². The SMILES string of the molecule is CCCOc1ccc(C=NNC(=O)CSc2[nH]c3ccccc3[n+]2CC)cc1. The number of ether oxygens (including phenoxy) is 1. The number of aryl methyl sites for hydroxylation is 1. The summed E-state index contributed by atoms with van der Waals surface area (Å²) in [7, 11) is 0. The Morgan fingerprint density at radius 2 is 2.00 bits per heavy atom. The second-order valence-corrected chi connectivity index (χ2v) is 7.15. The average molecular weight is 398 g/mol. The highest BCUT2D eigenvalue weighted by Gasteiger charge is 2.18. The maximum atomic E-state index is 12.1. The van der Waals surface area contributed by atoms with Gasteiger partial charge in [-0.25, -0.2) is 15.0 Å². The van der Waals surface area contributed by atoms with Crippen LogP contribution in [0.3, 0.4) is 0 Å². The van der Waals surface area contributed by atoms with Gasteiger partial charge in [-0.1, -0.05) is 19.1 Å². The first kappa shape index (κ1) is 19.9. The molecule has 2 N–H and O–H groups in total. The van der Waals surface area contributed by atoms with Gasteiger partial charge in [0.1, 0.15) is 5.75 Å². The zero-order valence-electron chi connectivity index (χ0n) is 16.1. The highest BCUT2D eigenvalue weighted by Crippen LogP contribution is 2.17. The zero-order valence-corrected chi connectivity index (χ0v) is 17.0. The first-order chi connectivity index (χ1) is 13.7. The zero-order chi connectivity index (χ0) is 19.8. The quantitative estimate of drug-likeness (QED) is 0.251. The minimum atomic E-state index is -0.148. The van der Waals surface area contributed by atoms with Gasteiger partial charge in [-0.15, -0.1) is 0 Å². The molecule has 146 valence electrons. The molecule has 0 aliphatic carbocycles. The lowest BCUT2D eigenvalue weighted by atomic mass is 10.2. The minimum absolute atomic E-state index is 0.148. The van der Waals surface area contributed by atoms with Crippen molar-refractivity contribution >= 4 is 34.9 Å². The van der Waals surface area contributed by atoms with Crippen molar-refractivity contribution < 1.29 is 14.1 Å². The van der Waals surface area contributed by atoms with Crippen molar-refractivity contribution in [3.05, 3.63) is 54.1 Å². The van der Waals surface area contributed by atoms with E-state index in [1.54, 1.807) is 6.21 Å². The maximum Gasteiger partial charge on any atom is 0.317 e. The molecular weight excluding hydrogens is 372 g/mol. The Morgan fingerprint density at radius 3 is 2.75 bits per heavy atom. The third kappa shape index (κ3) is 5.13. The fourth-order valence-corrected chi connectivity index (χ4v) is 3.65. The van der Waals surface area contributed by atoms with Gasteiger partial charge < -0.3 is 4.74 Å². The van der Waals surface area contributed by atoms with Crippen LogP contribution in [-0.2, 0) is 11.3 Å². The maximum absolute atomic E-state index is 12.1. The highest BCUT2D eigenvalue weighted by molar-refractivity contribution is 7.99. The summed E-state index contributed by atoms with van der Waals surface area (Å²) >= 11 is 1.47. The summed E-state index contributed by atoms with van der Waals surface area (Å²) in [5, 5.41) is 5.00. The third-order valence-electron chi connectivity index (χ3n) is 4.09. The van der Waals surface area contributed by atoms with E-state index < -0.39 is 0 Å². The lowest BCUT2D eigenvalue weighted by Gasteiger charge is -2.03. The van der Waals surface area contributed by atoms with Gasteiger partial charge in [-0.05, 0) is 67.1 Å². The molecule has 6 nitrogen and oxygen atoms in total. The van der Waals surface area contributed by atoms with Crippen LogP contribution in [0.1, 0.15) is 25.8 Å². The van der Waals surface area contributed by atoms with Crippen LogP contribution in [0.15, 0.2) is 58.8 Å². The van der Waals surface area contributed by atoms with Gasteiger partial charge in [-0.3, -0.25) is 4.79 Å². The number of aromatic nitrogens is 2. The number of hydrogen-bond donors (Lipinski definition) is 2. The molecule has 7 heteroatoms. The van der Waals surface area contributed by atoms with Crippen molar-refractivity contribution in [1.29, 1.82) is 0 Å². The van der Waals surface area contributed by atoms with E-state index in [2.05, 4.69) is 40.0 Å². The third-order valence-corrected chi connectivity index (χ3v) is 5.10. The molecule has 0 unspecified atom stereocenters. The van der Waals surface area contributed by atoms with Crippen LogP contribution < -0.4 is 14.7 Å². The van der Waals surface area contributed by atoms with Gasteiger partial charge in [0.05, 0.1) is 25.1 Å². The second-order valence-electron chi connectivity index (χ2n) is 6.19. The van der Waals surface area contributed by atoms with Crippen LogP contribution >= 0.6 is 11.8 Å². The molecule has 3 aromatic rings. The van der Waals surface area contributed by atoms with E-state index in [-0.39, 0.29) is 11.7 Å². The monoisotopic (exact) mass is 397 g/mol. The number of carbonyl (C=O) groups is 1. The molecule has 0 aliphatic heterocycles. The summed E-state index contributed by atoms with van der Waals surface area (Å²) in [5.74, 6) is 0.973. The fourth-order valence-electron chi connectivity index (χ4n) is 2.75. The van der Waals surface area contributed by atoms with E-state index in [9.17, 15) is 4.79 Å². The number of amides is 1. The number of nitrogens with one attached hydrogen (secondary N) is 2. The number of nitrogens with zero attached hydrogens (tertiary/aromatic N) is 2. The van der Waals surface area contributed by atoms with E-state index >= 15 is 0 Å². The summed E-state index contributed by atoms with van der Waals surface area (Å²) in [4.78, 5) is 15.5. The lowest BCUT2D eigenvalue weighted by molar-refractivity contribution is -0.705. The Hall–Kier alpha value is -2.80. The Labute approximate surface area is 169 Å². The molecule has 0 aliphatic rings. The second kappa shape index (κ2) is 9.94. The lowest BCUT2D eigenvalue weighted by Crippen LogP contribution is -2.34. The largest absolute Gasteiger partial charge is 0.494 e. The van der Waals surface area contributed by atoms with E-state index in [0.717, 1.165) is 40.5 Å². The topological polar surface area (TPSA) is 70.4 Å². The predicted molar refractivity (Wildman–Crippen MR) is 113 cm³/mol. The molecule has 3 rings (SSSR count). The Balaban J connectivity index is 1.51. The van der Waals surface area contributed by atoms with Gasteiger partial charge in [0, 0.05) is 0 Å². The Kier molecular flexibility index (Phi) is 7.08. The average Bonchev–Trinajstić information content (AvgIpc) is 3.09. The number of H-pyrrole nitrogens is 1. The number of carbonyl (C=O) groups excluding carboxylic acids is 1. The van der Waals surface area contributed by atoms with Crippen LogP contribution in [-0.4, -0.2) is 29.5 Å². The molecule has 28 heavy (non-hydrogen) atoms. The van der Waals surface area contributed by atoms with Crippen molar-refractivity contribution in [2.24, 2.45) is 5.10 Å². The summed E-state index contributed by atoms with van der Waals surface area (Å²) in [6.45, 7) is 5.70. The normalized spacial score (nSPS) is 11.2. The van der Waals surface area contributed by atoms with Crippen molar-refractivity contribution in [3.8, 4) is 5.75 Å². The Bertz CT molecular complexity index is 951. The first-order valence-corrected chi connectivity index (χ1v) is 10.4. The molecule has 0 saturated carbocycles. The van der Waals surface area contributed by atoms with Gasteiger partial charge in [0.2, 0.25) is 0 Å². The number of rotatable bonds is 9. The molecular formula is C21H25N4O2S+. The predicted octanol–water partition coefficient (Wildman–Crippen LogP) is 3.51. The smallest absolute Gasteiger partial charge is 0.317 e. The number of fused-ring (bicyclic) bond motifs is 1. The van der Waals surface area contributed by atoms with Gasteiger partial charge in [0.25, 0.3) is 5.91 Å². The van der Waals surface area contributed by atoms with E-state index in [0.29, 0.717) is 6.61 Å². The van der Waals surface area contributed by atoms with E-state index in [4.69, 9.17) is 4.74 Å². The molecule has 0 saturated heterocycles. The van der Waals surface area contributed by atoms with Crippen molar-refractivity contribution in [3.63, 3.8) is 0 Å². The molecule has 0 atom stereocenters. The van der Waals surface area contributed by atoms with Gasteiger partial charge >= 0.3 is 5.16 Å². The number of hydrogen-bond acceptors (Lipinski definition) is 4. The molecule has 2 aromatic carbocycles. The Morgan fingerprint density at radius 1 is 1.21 bits per heavy atom. The molecule has 0 fully saturated rings. The molecule has 0 radical (unpaired) electrons. The van der Waals surface area contributed by atoms with Crippen molar-refractivity contribution in [1.82, 2.24) is 10.4 Å². The molecule has 0 spiro atoms. The standard InChI is InChI=1S/C21H24N4O2S/c1-3-13-27-17-11-9-16(10-12-17)14-22-24-20(26)15-28-21-23-18-7-5-6-8-19(18)25(21)4-2/h5-12,14H,3-4,13,15H2,1-2H3,(H,24,26)/p+1. The summed E-state index contributed by atoms with van der Waals surface area (Å²) in [5.41, 5.74) is 5.68. The summed E-state index contributed by atoms with van der Waals surface area (Å²) in [6, 6.07) is 15.7. The van der Waals surface area contributed by atoms with Crippen LogP contribution in [0.25, 0.3) is 11.0 Å². The van der Waals surface area contributed by atoms with Gasteiger partial charge in [0.15, 0.2) is 11.0 Å². The fraction of sp³-hybridized carbons (Fsp3) is 0.286. The highest BCUT2D eigenvalue weighted by atomic mass is 32.2. The van der Waals surface area contributed by atoms with E-state index in [1.807, 2.05) is 42.5 Å². The van der Waals surface area contributed by atoms with Gasteiger partial charge in [-0.2, -0.15) is 5.10 Å². The molecule has 1 amide bonds. The van der Waals surface area contributed by atoms with E-state index in [1.165, 1.54) is 11.8 Å². The summed E-state index contributed by atoms with van der Waals surface area (Å²) in [6.07, 6.45) is 2.60. The number of para-hydroxylation sites is 2. The molecule has 1 heterocycles. The van der Waals surface area contributed by atoms with Crippen LogP contribution in [0.5, 0.6) is 5.75 Å². The number of benzene rings is 2.